The number of Topliss-reactive ketones (excluding diaryl/α,β-unsaturated/α-hetero) is 1. The SMILES string of the molecule is CC(C)(C)C1=C/C(=C/Nc2ccc3ccccc3c2-c2c(O)ccc3ccccc23)C(=O)C(Br)=C1.CC(C)O.CC(C)O.[Ti]. The first-order chi connectivity index (χ1) is 20.2. The van der Waals surface area contributed by atoms with E-state index in [2.05, 4.69) is 60.2 Å². The molecule has 5 rings (SSSR count). The van der Waals surface area contributed by atoms with Gasteiger partial charge in [0.05, 0.1) is 4.48 Å². The second-order valence-corrected chi connectivity index (χ2v) is 12.8. The molecule has 5 nitrogen and oxygen atoms in total. The molecular weight excluding hydrogens is 650 g/mol. The monoisotopic (exact) mass is 691 g/mol. The summed E-state index contributed by atoms with van der Waals surface area (Å²) in [7, 11) is 0. The molecule has 0 saturated heterocycles. The third kappa shape index (κ3) is 9.75. The van der Waals surface area contributed by atoms with Gasteiger partial charge >= 0.3 is 0 Å². The summed E-state index contributed by atoms with van der Waals surface area (Å²) in [5.41, 5.74) is 4.02. The van der Waals surface area contributed by atoms with E-state index in [1.165, 1.54) is 0 Å². The number of ketones is 1. The van der Waals surface area contributed by atoms with E-state index in [0.29, 0.717) is 10.1 Å². The van der Waals surface area contributed by atoms with Gasteiger partial charge in [0.2, 0.25) is 5.78 Å². The third-order valence-electron chi connectivity index (χ3n) is 6.41. The first-order valence-corrected chi connectivity index (χ1v) is 15.2. The predicted octanol–water partition coefficient (Wildman–Crippen LogP) is 9.27. The topological polar surface area (TPSA) is 89.8 Å². The molecule has 0 fully saturated rings. The minimum Gasteiger partial charge on any atom is -0.507 e. The fourth-order valence-electron chi connectivity index (χ4n) is 4.49. The van der Waals surface area contributed by atoms with Gasteiger partial charge in [0.1, 0.15) is 5.75 Å². The van der Waals surface area contributed by atoms with Gasteiger partial charge in [-0.05, 0) is 100 Å². The van der Waals surface area contributed by atoms with E-state index in [9.17, 15) is 9.90 Å². The number of anilines is 1. The van der Waals surface area contributed by atoms with Crippen molar-refractivity contribution in [2.45, 2.75) is 60.7 Å². The molecule has 0 spiro atoms. The number of aliphatic hydroxyl groups excluding tert-OH is 2. The van der Waals surface area contributed by atoms with Crippen molar-refractivity contribution >= 4 is 48.9 Å². The predicted molar refractivity (Wildman–Crippen MR) is 185 cm³/mol. The van der Waals surface area contributed by atoms with Crippen LogP contribution in [0.3, 0.4) is 0 Å². The fourth-order valence-corrected chi connectivity index (χ4v) is 4.97. The summed E-state index contributed by atoms with van der Waals surface area (Å²) in [5, 5.41) is 34.7. The van der Waals surface area contributed by atoms with Crippen LogP contribution in [0.2, 0.25) is 0 Å². The average molecular weight is 693 g/mol. The van der Waals surface area contributed by atoms with Crippen molar-refractivity contribution < 1.29 is 41.8 Å². The van der Waals surface area contributed by atoms with Crippen LogP contribution in [0.5, 0.6) is 5.75 Å². The Labute approximate surface area is 284 Å². The zero-order valence-corrected chi connectivity index (χ0v) is 29.6. The molecule has 0 radical (unpaired) electrons. The number of aromatic hydroxyl groups is 1. The minimum atomic E-state index is -0.167. The van der Waals surface area contributed by atoms with Crippen molar-refractivity contribution in [2.75, 3.05) is 5.32 Å². The third-order valence-corrected chi connectivity index (χ3v) is 7.00. The molecule has 4 N–H and O–H groups in total. The van der Waals surface area contributed by atoms with Crippen molar-refractivity contribution in [3.05, 3.63) is 107 Å². The van der Waals surface area contributed by atoms with E-state index in [1.54, 1.807) is 40.0 Å². The van der Waals surface area contributed by atoms with E-state index >= 15 is 0 Å². The van der Waals surface area contributed by atoms with E-state index in [1.807, 2.05) is 60.7 Å². The standard InChI is InChI=1S/C31H26BrNO2.2C3H8O.Ti/c1-31(2,3)22-16-21(30(35)25(32)17-22)18-33-26-14-12-19-8-4-6-10-23(19)28(26)29-24-11-7-5-9-20(24)13-15-27(29)34;2*1-3(2)4;/h4-18,33-34H,1-3H3;2*3-4H,1-2H3;/b21-18-;;;. The number of hydrogen-bond donors (Lipinski definition) is 4. The van der Waals surface area contributed by atoms with Gasteiger partial charge in [-0.1, -0.05) is 81.4 Å². The molecule has 0 heterocycles. The largest absolute Gasteiger partial charge is 0.507 e. The van der Waals surface area contributed by atoms with Crippen LogP contribution in [0.1, 0.15) is 48.5 Å². The number of carbonyl (C=O) groups is 1. The molecule has 1 aliphatic rings. The first kappa shape index (κ1) is 37.2. The Bertz CT molecular complexity index is 1690. The molecular formula is C37H42BrNO4Ti. The molecule has 0 saturated carbocycles. The Morgan fingerprint density at radius 1 is 0.750 bits per heavy atom. The number of nitrogens with one attached hydrogen (secondary N) is 1. The maximum atomic E-state index is 12.9. The summed E-state index contributed by atoms with van der Waals surface area (Å²) in [5.74, 6) is 0.144. The van der Waals surface area contributed by atoms with Gasteiger partial charge in [0, 0.05) is 62.5 Å². The molecule has 0 bridgehead atoms. The summed E-state index contributed by atoms with van der Waals surface area (Å²) in [4.78, 5) is 12.9. The van der Waals surface area contributed by atoms with Crippen LogP contribution in [0.4, 0.5) is 5.69 Å². The smallest absolute Gasteiger partial charge is 0.201 e. The summed E-state index contributed by atoms with van der Waals surface area (Å²) in [6.45, 7) is 13.3. The second kappa shape index (κ2) is 16.4. The maximum absolute atomic E-state index is 12.9. The van der Waals surface area contributed by atoms with Gasteiger partial charge in [-0.2, -0.15) is 0 Å². The van der Waals surface area contributed by atoms with Gasteiger partial charge in [-0.3, -0.25) is 4.79 Å². The molecule has 4 aromatic rings. The Morgan fingerprint density at radius 2 is 1.23 bits per heavy atom. The molecule has 0 unspecified atom stereocenters. The average Bonchev–Trinajstić information content (AvgIpc) is 2.92. The van der Waals surface area contributed by atoms with Crippen molar-refractivity contribution in [2.24, 2.45) is 5.41 Å². The molecule has 230 valence electrons. The normalized spacial score (nSPS) is 13.9. The van der Waals surface area contributed by atoms with Gasteiger partial charge in [-0.25, -0.2) is 0 Å². The van der Waals surface area contributed by atoms with Crippen LogP contribution >= 0.6 is 15.9 Å². The van der Waals surface area contributed by atoms with Crippen molar-refractivity contribution in [3.8, 4) is 16.9 Å². The number of rotatable bonds is 3. The number of phenolic OH excluding ortho intramolecular Hbond substituents is 1. The van der Waals surface area contributed by atoms with Crippen LogP contribution in [-0.2, 0) is 26.5 Å². The van der Waals surface area contributed by atoms with Crippen LogP contribution in [0.25, 0.3) is 32.7 Å². The Kier molecular flexibility index (Phi) is 13.8. The number of hydrogen-bond acceptors (Lipinski definition) is 5. The van der Waals surface area contributed by atoms with E-state index in [-0.39, 0.29) is 50.9 Å². The van der Waals surface area contributed by atoms with Crippen LogP contribution in [0, 0.1) is 5.41 Å². The summed E-state index contributed by atoms with van der Waals surface area (Å²) in [6, 6.07) is 23.9. The number of halogens is 1. The molecule has 44 heavy (non-hydrogen) atoms. The Hall–Kier alpha value is -3.00. The van der Waals surface area contributed by atoms with Gasteiger partial charge in [-0.15, -0.1) is 0 Å². The van der Waals surface area contributed by atoms with Crippen molar-refractivity contribution in [1.82, 2.24) is 0 Å². The van der Waals surface area contributed by atoms with E-state index < -0.39 is 0 Å². The number of aliphatic hydroxyl groups is 2. The van der Waals surface area contributed by atoms with Gasteiger partial charge < -0.3 is 20.6 Å². The zero-order chi connectivity index (χ0) is 31.9. The molecule has 0 atom stereocenters. The maximum Gasteiger partial charge on any atom is 0.201 e. The molecule has 0 aromatic heterocycles. The molecule has 0 amide bonds. The van der Waals surface area contributed by atoms with Gasteiger partial charge in [0.15, 0.2) is 0 Å². The number of allylic oxidation sites excluding steroid dienone is 5. The quantitative estimate of drug-likeness (QED) is 0.127. The van der Waals surface area contributed by atoms with Crippen LogP contribution < -0.4 is 5.32 Å². The van der Waals surface area contributed by atoms with Crippen molar-refractivity contribution in [1.29, 1.82) is 0 Å². The van der Waals surface area contributed by atoms with Crippen molar-refractivity contribution in [3.63, 3.8) is 0 Å². The fraction of sp³-hybridized carbons (Fsp3) is 0.270. The summed E-state index contributed by atoms with van der Waals surface area (Å²) >= 11 is 3.44. The Morgan fingerprint density at radius 3 is 1.75 bits per heavy atom. The second-order valence-electron chi connectivity index (χ2n) is 12.0. The van der Waals surface area contributed by atoms with E-state index in [4.69, 9.17) is 10.2 Å². The molecule has 1 aliphatic carbocycles. The number of carbonyl (C=O) groups excluding carboxylic acids is 1. The molecule has 7 heteroatoms. The van der Waals surface area contributed by atoms with Crippen LogP contribution in [-0.4, -0.2) is 33.3 Å². The van der Waals surface area contributed by atoms with E-state index in [0.717, 1.165) is 43.9 Å². The summed E-state index contributed by atoms with van der Waals surface area (Å²) < 4.78 is 0.545. The van der Waals surface area contributed by atoms with Gasteiger partial charge in [0.25, 0.3) is 0 Å². The zero-order valence-electron chi connectivity index (χ0n) is 26.4. The van der Waals surface area contributed by atoms with Crippen LogP contribution in [0.15, 0.2) is 107 Å². The Balaban J connectivity index is 0.000000672. The molecule has 0 aliphatic heterocycles. The minimum absolute atomic E-state index is 0. The summed E-state index contributed by atoms with van der Waals surface area (Å²) in [6.07, 6.45) is 5.27. The number of phenols is 1. The number of benzene rings is 4. The molecule has 4 aromatic carbocycles. The number of fused-ring (bicyclic) bond motifs is 2. The first-order valence-electron chi connectivity index (χ1n) is 14.4.